The molecular weight excluding hydrogens is 366 g/mol. The fourth-order valence-corrected chi connectivity index (χ4v) is 2.71. The second kappa shape index (κ2) is 9.01. The topological polar surface area (TPSA) is 80.3 Å². The maximum absolute atomic E-state index is 12.6. The van der Waals surface area contributed by atoms with Gasteiger partial charge in [-0.25, -0.2) is 9.78 Å². The number of benzene rings is 2. The van der Waals surface area contributed by atoms with Crippen molar-refractivity contribution in [3.63, 3.8) is 0 Å². The number of hydrogen-bond donors (Lipinski definition) is 2. The van der Waals surface area contributed by atoms with Crippen molar-refractivity contribution in [3.05, 3.63) is 83.0 Å². The van der Waals surface area contributed by atoms with Crippen molar-refractivity contribution >= 4 is 29.1 Å². The van der Waals surface area contributed by atoms with Gasteiger partial charge in [0.25, 0.3) is 5.91 Å². The van der Waals surface area contributed by atoms with Crippen LogP contribution in [-0.2, 0) is 4.74 Å². The van der Waals surface area contributed by atoms with E-state index >= 15 is 0 Å². The standard InChI is InChI=1S/C23H23N3O3/c1-4-29-23(28)17-6-9-19(10-7-17)26-22(27)18-11-12-24-21(14-18)25-20-8-5-15(2)16(3)13-20/h5-14H,4H2,1-3H3,(H,24,25)(H,26,27). The monoisotopic (exact) mass is 389 g/mol. The molecule has 6 heteroatoms. The van der Waals surface area contributed by atoms with Gasteiger partial charge >= 0.3 is 5.97 Å². The number of aromatic nitrogens is 1. The van der Waals surface area contributed by atoms with Crippen LogP contribution in [0.25, 0.3) is 0 Å². The SMILES string of the molecule is CCOC(=O)c1ccc(NC(=O)c2ccnc(Nc3ccc(C)c(C)c3)c2)cc1. The molecule has 1 aromatic heterocycles. The molecule has 0 aliphatic rings. The first kappa shape index (κ1) is 20.1. The van der Waals surface area contributed by atoms with Crippen LogP contribution in [-0.4, -0.2) is 23.5 Å². The number of nitrogens with zero attached hydrogens (tertiary/aromatic N) is 1. The summed E-state index contributed by atoms with van der Waals surface area (Å²) in [5, 5.41) is 6.04. The molecule has 6 nitrogen and oxygen atoms in total. The van der Waals surface area contributed by atoms with Crippen LogP contribution in [0.1, 0.15) is 38.8 Å². The Bertz CT molecular complexity index is 1030. The molecule has 0 unspecified atom stereocenters. The Kier molecular flexibility index (Phi) is 6.24. The number of carbonyl (C=O) groups is 2. The Morgan fingerprint density at radius 1 is 0.897 bits per heavy atom. The lowest BCUT2D eigenvalue weighted by Crippen LogP contribution is -2.13. The van der Waals surface area contributed by atoms with E-state index in [9.17, 15) is 9.59 Å². The summed E-state index contributed by atoms with van der Waals surface area (Å²) in [6, 6.07) is 16.0. The highest BCUT2D eigenvalue weighted by atomic mass is 16.5. The number of nitrogens with one attached hydrogen (secondary N) is 2. The first-order chi connectivity index (χ1) is 14.0. The fourth-order valence-electron chi connectivity index (χ4n) is 2.71. The molecule has 0 atom stereocenters. The van der Waals surface area contributed by atoms with Crippen LogP contribution in [0.4, 0.5) is 17.2 Å². The van der Waals surface area contributed by atoms with Gasteiger partial charge in [-0.1, -0.05) is 6.07 Å². The molecule has 0 spiro atoms. The van der Waals surface area contributed by atoms with Gasteiger partial charge in [0.2, 0.25) is 0 Å². The summed E-state index contributed by atoms with van der Waals surface area (Å²) < 4.78 is 4.95. The summed E-state index contributed by atoms with van der Waals surface area (Å²) in [6.45, 7) is 6.18. The van der Waals surface area contributed by atoms with Crippen LogP contribution >= 0.6 is 0 Å². The predicted molar refractivity (Wildman–Crippen MR) is 114 cm³/mol. The van der Waals surface area contributed by atoms with Gasteiger partial charge in [-0.05, 0) is 80.4 Å². The number of pyridine rings is 1. The minimum absolute atomic E-state index is 0.264. The maximum atomic E-state index is 12.6. The number of hydrogen-bond acceptors (Lipinski definition) is 5. The van der Waals surface area contributed by atoms with E-state index in [1.54, 1.807) is 49.5 Å². The second-order valence-electron chi connectivity index (χ2n) is 6.61. The van der Waals surface area contributed by atoms with E-state index < -0.39 is 0 Å². The number of aryl methyl sites for hydroxylation is 2. The first-order valence-electron chi connectivity index (χ1n) is 9.35. The molecule has 0 fully saturated rings. The van der Waals surface area contributed by atoms with Gasteiger partial charge in [-0.15, -0.1) is 0 Å². The van der Waals surface area contributed by atoms with Crippen molar-refractivity contribution in [2.75, 3.05) is 17.2 Å². The highest BCUT2D eigenvalue weighted by Gasteiger charge is 2.10. The van der Waals surface area contributed by atoms with E-state index in [1.165, 1.54) is 11.1 Å². The van der Waals surface area contributed by atoms with E-state index in [2.05, 4.69) is 22.5 Å². The number of esters is 1. The Hall–Kier alpha value is -3.67. The van der Waals surface area contributed by atoms with Gasteiger partial charge < -0.3 is 15.4 Å². The molecule has 0 saturated carbocycles. The van der Waals surface area contributed by atoms with Crippen molar-refractivity contribution < 1.29 is 14.3 Å². The van der Waals surface area contributed by atoms with Crippen LogP contribution < -0.4 is 10.6 Å². The van der Waals surface area contributed by atoms with Crippen LogP contribution in [0.5, 0.6) is 0 Å². The van der Waals surface area contributed by atoms with E-state index in [4.69, 9.17) is 4.74 Å². The van der Waals surface area contributed by atoms with Crippen molar-refractivity contribution in [1.82, 2.24) is 4.98 Å². The van der Waals surface area contributed by atoms with Crippen LogP contribution in [0.15, 0.2) is 60.8 Å². The zero-order valence-corrected chi connectivity index (χ0v) is 16.7. The zero-order valence-electron chi connectivity index (χ0n) is 16.7. The minimum Gasteiger partial charge on any atom is -0.462 e. The van der Waals surface area contributed by atoms with Gasteiger partial charge in [-0.2, -0.15) is 0 Å². The molecule has 0 aliphatic heterocycles. The summed E-state index contributed by atoms with van der Waals surface area (Å²) in [5.74, 6) is -0.0699. The number of ether oxygens (including phenoxy) is 1. The molecule has 0 saturated heterocycles. The van der Waals surface area contributed by atoms with Gasteiger partial charge in [0, 0.05) is 23.1 Å². The molecule has 3 aromatic rings. The molecule has 29 heavy (non-hydrogen) atoms. The maximum Gasteiger partial charge on any atom is 0.338 e. The van der Waals surface area contributed by atoms with E-state index in [-0.39, 0.29) is 11.9 Å². The first-order valence-corrected chi connectivity index (χ1v) is 9.35. The van der Waals surface area contributed by atoms with Crippen LogP contribution in [0.3, 0.4) is 0 Å². The van der Waals surface area contributed by atoms with Gasteiger partial charge in [-0.3, -0.25) is 4.79 Å². The Morgan fingerprint density at radius 3 is 2.31 bits per heavy atom. The normalized spacial score (nSPS) is 10.3. The van der Waals surface area contributed by atoms with Crippen LogP contribution in [0.2, 0.25) is 0 Å². The molecule has 0 aliphatic carbocycles. The van der Waals surface area contributed by atoms with E-state index in [1.807, 2.05) is 25.1 Å². The summed E-state index contributed by atoms with van der Waals surface area (Å²) in [7, 11) is 0. The van der Waals surface area contributed by atoms with Gasteiger partial charge in [0.15, 0.2) is 0 Å². The fraction of sp³-hybridized carbons (Fsp3) is 0.174. The zero-order chi connectivity index (χ0) is 20.8. The van der Waals surface area contributed by atoms with Gasteiger partial charge in [0.05, 0.1) is 12.2 Å². The quantitative estimate of drug-likeness (QED) is 0.588. The van der Waals surface area contributed by atoms with Gasteiger partial charge in [0.1, 0.15) is 5.82 Å². The summed E-state index contributed by atoms with van der Waals surface area (Å²) in [4.78, 5) is 28.6. The number of amides is 1. The average molecular weight is 389 g/mol. The number of carbonyl (C=O) groups excluding carboxylic acids is 2. The van der Waals surface area contributed by atoms with E-state index in [0.29, 0.717) is 29.2 Å². The predicted octanol–water partition coefficient (Wildman–Crippen LogP) is 4.87. The molecule has 0 radical (unpaired) electrons. The smallest absolute Gasteiger partial charge is 0.338 e. The molecule has 2 aromatic carbocycles. The lowest BCUT2D eigenvalue weighted by atomic mass is 10.1. The Balaban J connectivity index is 1.69. The van der Waals surface area contributed by atoms with Crippen molar-refractivity contribution in [2.45, 2.75) is 20.8 Å². The summed E-state index contributed by atoms with van der Waals surface area (Å²) >= 11 is 0. The molecule has 1 amide bonds. The molecular formula is C23H23N3O3. The Labute approximate surface area is 169 Å². The largest absolute Gasteiger partial charge is 0.462 e. The number of rotatable bonds is 6. The number of anilines is 3. The average Bonchev–Trinajstić information content (AvgIpc) is 2.72. The molecule has 0 bridgehead atoms. The highest BCUT2D eigenvalue weighted by Crippen LogP contribution is 2.19. The van der Waals surface area contributed by atoms with Crippen molar-refractivity contribution in [3.8, 4) is 0 Å². The molecule has 1 heterocycles. The third-order valence-corrected chi connectivity index (χ3v) is 4.46. The third kappa shape index (κ3) is 5.19. The summed E-state index contributed by atoms with van der Waals surface area (Å²) in [5.41, 5.74) is 4.80. The molecule has 3 rings (SSSR count). The lowest BCUT2D eigenvalue weighted by Gasteiger charge is -2.10. The molecule has 148 valence electrons. The third-order valence-electron chi connectivity index (χ3n) is 4.46. The van der Waals surface area contributed by atoms with Crippen molar-refractivity contribution in [2.24, 2.45) is 0 Å². The Morgan fingerprint density at radius 2 is 1.62 bits per heavy atom. The summed E-state index contributed by atoms with van der Waals surface area (Å²) in [6.07, 6.45) is 1.59. The minimum atomic E-state index is -0.387. The van der Waals surface area contributed by atoms with E-state index in [0.717, 1.165) is 5.69 Å². The second-order valence-corrected chi connectivity index (χ2v) is 6.61. The van der Waals surface area contributed by atoms with Crippen molar-refractivity contribution in [1.29, 1.82) is 0 Å². The lowest BCUT2D eigenvalue weighted by molar-refractivity contribution is 0.0526. The highest BCUT2D eigenvalue weighted by molar-refractivity contribution is 6.04. The van der Waals surface area contributed by atoms with Crippen LogP contribution in [0, 0.1) is 13.8 Å². The molecule has 2 N–H and O–H groups in total.